The van der Waals surface area contributed by atoms with Gasteiger partial charge in [0.25, 0.3) is 5.78 Å². The maximum atomic E-state index is 13.5. The number of amides is 1. The van der Waals surface area contributed by atoms with Gasteiger partial charge in [-0.3, -0.25) is 14.5 Å². The van der Waals surface area contributed by atoms with Crippen LogP contribution in [0.5, 0.6) is 5.75 Å². The number of aromatic nitrogens is 1. The van der Waals surface area contributed by atoms with Gasteiger partial charge < -0.3 is 9.84 Å². The van der Waals surface area contributed by atoms with Crippen molar-refractivity contribution in [2.75, 3.05) is 11.5 Å². The molecule has 8 heteroatoms. The summed E-state index contributed by atoms with van der Waals surface area (Å²) < 4.78 is 18.9. The molecule has 0 spiro atoms. The monoisotopic (exact) mass is 424 g/mol. The van der Waals surface area contributed by atoms with Crippen LogP contribution in [0.3, 0.4) is 0 Å². The molecule has 0 unspecified atom stereocenters. The Hall–Kier alpha value is -3.52. The summed E-state index contributed by atoms with van der Waals surface area (Å²) in [5, 5.41) is 13.0. The number of nitrogens with zero attached hydrogens (tertiary/aromatic N) is 2. The lowest BCUT2D eigenvalue weighted by Gasteiger charge is -2.23. The standard InChI is InChI=1S/C22H17FN2O4S/c1-2-29-16-9-5-14(6-10-16)19(26)17-18(13-3-7-15(23)8-4-13)25(21(28)20(17)27)22-24-11-12-30-22/h3-12,18,26H,2H2,1H3/b19-17+/t18-/m0/s1. The van der Waals surface area contributed by atoms with Crippen molar-refractivity contribution in [2.24, 2.45) is 0 Å². The molecule has 0 bridgehead atoms. The number of ketones is 1. The van der Waals surface area contributed by atoms with Crippen LogP contribution in [0, 0.1) is 5.82 Å². The molecule has 30 heavy (non-hydrogen) atoms. The van der Waals surface area contributed by atoms with Gasteiger partial charge in [-0.25, -0.2) is 9.37 Å². The van der Waals surface area contributed by atoms with Crippen LogP contribution in [-0.2, 0) is 9.59 Å². The number of aliphatic hydroxyl groups excluding tert-OH is 1. The molecule has 0 radical (unpaired) electrons. The van der Waals surface area contributed by atoms with Crippen molar-refractivity contribution >= 4 is 33.9 Å². The molecule has 1 saturated heterocycles. The third kappa shape index (κ3) is 3.46. The largest absolute Gasteiger partial charge is 0.507 e. The van der Waals surface area contributed by atoms with Gasteiger partial charge in [0.15, 0.2) is 5.13 Å². The lowest BCUT2D eigenvalue weighted by atomic mass is 9.95. The molecule has 1 N–H and O–H groups in total. The Labute approximate surface area is 175 Å². The van der Waals surface area contributed by atoms with E-state index in [1.54, 1.807) is 29.6 Å². The number of rotatable bonds is 5. The van der Waals surface area contributed by atoms with Crippen molar-refractivity contribution < 1.29 is 23.8 Å². The highest BCUT2D eigenvalue weighted by atomic mass is 32.1. The number of carbonyl (C=O) groups is 2. The minimum Gasteiger partial charge on any atom is -0.507 e. The Kier molecular flexibility index (Phi) is 5.33. The molecule has 152 valence electrons. The second kappa shape index (κ2) is 8.08. The smallest absolute Gasteiger partial charge is 0.301 e. The first kappa shape index (κ1) is 19.8. The SMILES string of the molecule is CCOc1ccc(/C(O)=C2\C(=O)C(=O)N(c3nccs3)[C@H]2c2ccc(F)cc2)cc1. The summed E-state index contributed by atoms with van der Waals surface area (Å²) in [7, 11) is 0. The van der Waals surface area contributed by atoms with E-state index in [0.717, 1.165) is 0 Å². The van der Waals surface area contributed by atoms with E-state index in [9.17, 15) is 19.1 Å². The van der Waals surface area contributed by atoms with Gasteiger partial charge in [-0.1, -0.05) is 12.1 Å². The van der Waals surface area contributed by atoms with Crippen molar-refractivity contribution in [3.8, 4) is 5.75 Å². The zero-order valence-corrected chi connectivity index (χ0v) is 16.7. The average Bonchev–Trinajstić information content (AvgIpc) is 3.36. The third-order valence-electron chi connectivity index (χ3n) is 4.69. The minimum atomic E-state index is -0.927. The first-order valence-electron chi connectivity index (χ1n) is 9.20. The predicted molar refractivity (Wildman–Crippen MR) is 111 cm³/mol. The number of benzene rings is 2. The van der Waals surface area contributed by atoms with E-state index in [0.29, 0.717) is 28.6 Å². The highest BCUT2D eigenvalue weighted by Crippen LogP contribution is 2.42. The van der Waals surface area contributed by atoms with E-state index in [1.165, 1.54) is 46.7 Å². The molecule has 0 aliphatic carbocycles. The lowest BCUT2D eigenvalue weighted by Crippen LogP contribution is -2.29. The van der Waals surface area contributed by atoms with Crippen molar-refractivity contribution in [2.45, 2.75) is 13.0 Å². The van der Waals surface area contributed by atoms with Gasteiger partial charge in [0, 0.05) is 17.1 Å². The molecule has 3 aromatic rings. The van der Waals surface area contributed by atoms with E-state index in [1.807, 2.05) is 6.92 Å². The summed E-state index contributed by atoms with van der Waals surface area (Å²) in [6, 6.07) is 11.1. The number of carbonyl (C=O) groups excluding carboxylic acids is 2. The van der Waals surface area contributed by atoms with Crippen molar-refractivity contribution in [3.05, 3.63) is 82.6 Å². The van der Waals surface area contributed by atoms with Crippen molar-refractivity contribution in [3.63, 3.8) is 0 Å². The fourth-order valence-corrected chi connectivity index (χ4v) is 4.02. The number of ether oxygens (including phenoxy) is 1. The van der Waals surface area contributed by atoms with E-state index >= 15 is 0 Å². The van der Waals surface area contributed by atoms with Gasteiger partial charge in [0.2, 0.25) is 0 Å². The van der Waals surface area contributed by atoms with E-state index < -0.39 is 23.5 Å². The summed E-state index contributed by atoms with van der Waals surface area (Å²) in [6.07, 6.45) is 1.52. The molecule has 1 aliphatic heterocycles. The molecule has 2 aromatic carbocycles. The average molecular weight is 424 g/mol. The fraction of sp³-hybridized carbons (Fsp3) is 0.136. The van der Waals surface area contributed by atoms with Crippen molar-refractivity contribution in [1.29, 1.82) is 0 Å². The van der Waals surface area contributed by atoms with E-state index in [2.05, 4.69) is 4.98 Å². The second-order valence-electron chi connectivity index (χ2n) is 6.49. The van der Waals surface area contributed by atoms with Crippen LogP contribution in [0.2, 0.25) is 0 Å². The number of hydrogen-bond acceptors (Lipinski definition) is 6. The van der Waals surface area contributed by atoms with E-state index in [-0.39, 0.29) is 11.3 Å². The minimum absolute atomic E-state index is 0.0778. The Morgan fingerprint density at radius 3 is 2.47 bits per heavy atom. The molecular formula is C22H17FN2O4S. The molecule has 2 heterocycles. The molecule has 1 amide bonds. The number of Topliss-reactive ketones (excluding diaryl/α,β-unsaturated/α-hetero) is 1. The van der Waals surface area contributed by atoms with Crippen LogP contribution in [0.15, 0.2) is 65.7 Å². The molecule has 4 rings (SSSR count). The first-order chi connectivity index (χ1) is 14.5. The number of halogens is 1. The summed E-state index contributed by atoms with van der Waals surface area (Å²) >= 11 is 1.19. The highest BCUT2D eigenvalue weighted by Gasteiger charge is 2.47. The van der Waals surface area contributed by atoms with Gasteiger partial charge in [-0.2, -0.15) is 0 Å². The van der Waals surface area contributed by atoms with Gasteiger partial charge in [0.1, 0.15) is 17.3 Å². The van der Waals surface area contributed by atoms with Crippen molar-refractivity contribution in [1.82, 2.24) is 4.98 Å². The first-order valence-corrected chi connectivity index (χ1v) is 10.1. The molecular weight excluding hydrogens is 407 g/mol. The quantitative estimate of drug-likeness (QED) is 0.375. The normalized spacial score (nSPS) is 18.1. The third-order valence-corrected chi connectivity index (χ3v) is 5.47. The predicted octanol–water partition coefficient (Wildman–Crippen LogP) is 4.31. The molecule has 1 aliphatic rings. The fourth-order valence-electron chi connectivity index (χ4n) is 3.36. The topological polar surface area (TPSA) is 79.7 Å². The van der Waals surface area contributed by atoms with Crippen LogP contribution in [0.1, 0.15) is 24.1 Å². The molecule has 1 aromatic heterocycles. The molecule has 6 nitrogen and oxygen atoms in total. The maximum Gasteiger partial charge on any atom is 0.301 e. The second-order valence-corrected chi connectivity index (χ2v) is 7.37. The Morgan fingerprint density at radius 1 is 1.17 bits per heavy atom. The van der Waals surface area contributed by atoms with Gasteiger partial charge in [0.05, 0.1) is 18.2 Å². The van der Waals surface area contributed by atoms with Crippen LogP contribution >= 0.6 is 11.3 Å². The van der Waals surface area contributed by atoms with Gasteiger partial charge >= 0.3 is 5.91 Å². The zero-order valence-electron chi connectivity index (χ0n) is 15.9. The number of anilines is 1. The molecule has 1 fully saturated rings. The summed E-state index contributed by atoms with van der Waals surface area (Å²) in [6.45, 7) is 2.35. The highest BCUT2D eigenvalue weighted by molar-refractivity contribution is 7.14. The number of hydrogen-bond donors (Lipinski definition) is 1. The Bertz CT molecular complexity index is 1110. The van der Waals surface area contributed by atoms with Crippen LogP contribution < -0.4 is 9.64 Å². The summed E-state index contributed by atoms with van der Waals surface area (Å²) in [4.78, 5) is 31.1. The van der Waals surface area contributed by atoms with Gasteiger partial charge in [-0.05, 0) is 48.9 Å². The van der Waals surface area contributed by atoms with Crippen LogP contribution in [0.4, 0.5) is 9.52 Å². The Morgan fingerprint density at radius 2 is 1.87 bits per heavy atom. The maximum absolute atomic E-state index is 13.5. The van der Waals surface area contributed by atoms with Gasteiger partial charge in [-0.15, -0.1) is 11.3 Å². The van der Waals surface area contributed by atoms with E-state index in [4.69, 9.17) is 4.74 Å². The Balaban J connectivity index is 1.86. The number of aliphatic hydroxyl groups is 1. The molecule has 1 atom stereocenters. The summed E-state index contributed by atoms with van der Waals surface area (Å²) in [5.74, 6) is -1.77. The number of thiazole rings is 1. The summed E-state index contributed by atoms with van der Waals surface area (Å²) in [5.41, 5.74) is 0.770. The zero-order chi connectivity index (χ0) is 21.3. The van der Waals surface area contributed by atoms with Crippen LogP contribution in [-0.4, -0.2) is 28.4 Å². The van der Waals surface area contributed by atoms with Crippen LogP contribution in [0.25, 0.3) is 5.76 Å². The lowest BCUT2D eigenvalue weighted by molar-refractivity contribution is -0.132. The molecule has 0 saturated carbocycles.